The van der Waals surface area contributed by atoms with Gasteiger partial charge in [-0.15, -0.1) is 23.5 Å². The van der Waals surface area contributed by atoms with Crippen LogP contribution in [0.2, 0.25) is 0 Å². The Morgan fingerprint density at radius 1 is 0.695 bits per heavy atom. The fraction of sp³-hybridized carbons (Fsp3) is 0.273. The fourth-order valence-electron chi connectivity index (χ4n) is 11.6. The molecule has 4 aliphatic carbocycles. The van der Waals surface area contributed by atoms with Crippen molar-refractivity contribution in [3.8, 4) is 11.1 Å². The molecular weight excluding hydrogens is 753 g/mol. The van der Waals surface area contributed by atoms with Crippen LogP contribution in [-0.4, -0.2) is 16.5 Å². The molecule has 0 N–H and O–H groups in total. The SMILES string of the molecule is CC1(C)C2=CCCC=C2c2c(-c3ccc(N(C4=CC(c5ccccc5)CCC4)c4ccc(N5C6C7=C(CCC=C7)SC6C6Sc7ccccc7C65)cc4)cc3)cccc21. The maximum atomic E-state index is 2.81. The smallest absolute Gasteiger partial charge is 0.0694 e. The van der Waals surface area contributed by atoms with Gasteiger partial charge in [-0.05, 0) is 142 Å². The van der Waals surface area contributed by atoms with Crippen LogP contribution in [0.1, 0.15) is 93.0 Å². The van der Waals surface area contributed by atoms with Crippen molar-refractivity contribution in [2.75, 3.05) is 9.80 Å². The lowest BCUT2D eigenvalue weighted by Crippen LogP contribution is -2.35. The van der Waals surface area contributed by atoms with E-state index in [1.165, 1.54) is 97.9 Å². The molecule has 0 bridgehead atoms. The van der Waals surface area contributed by atoms with Crippen LogP contribution in [0.15, 0.2) is 178 Å². The zero-order chi connectivity index (χ0) is 39.2. The first-order valence-corrected chi connectivity index (χ1v) is 23.7. The summed E-state index contributed by atoms with van der Waals surface area (Å²) in [7, 11) is 0. The van der Waals surface area contributed by atoms with Crippen molar-refractivity contribution >= 4 is 46.2 Å². The van der Waals surface area contributed by atoms with E-state index in [4.69, 9.17) is 0 Å². The van der Waals surface area contributed by atoms with E-state index in [0.29, 0.717) is 28.5 Å². The average molecular weight is 803 g/mol. The summed E-state index contributed by atoms with van der Waals surface area (Å²) in [5.74, 6) is 0.409. The lowest BCUT2D eigenvalue weighted by molar-refractivity contribution is 0.626. The van der Waals surface area contributed by atoms with Crippen molar-refractivity contribution in [3.05, 3.63) is 196 Å². The number of hydrogen-bond acceptors (Lipinski definition) is 4. The highest BCUT2D eigenvalue weighted by atomic mass is 32.2. The summed E-state index contributed by atoms with van der Waals surface area (Å²) in [5.41, 5.74) is 18.2. The predicted molar refractivity (Wildman–Crippen MR) is 252 cm³/mol. The predicted octanol–water partition coefficient (Wildman–Crippen LogP) is 14.9. The summed E-state index contributed by atoms with van der Waals surface area (Å²) in [6, 6.07) is 47.3. The Hall–Kier alpha value is -4.90. The molecule has 3 heterocycles. The van der Waals surface area contributed by atoms with E-state index in [1.54, 1.807) is 10.5 Å². The molecule has 2 nitrogen and oxygen atoms in total. The van der Waals surface area contributed by atoms with Crippen molar-refractivity contribution in [2.24, 2.45) is 0 Å². The van der Waals surface area contributed by atoms with E-state index in [9.17, 15) is 0 Å². The third kappa shape index (κ3) is 5.69. The minimum atomic E-state index is 0.0308. The molecule has 0 saturated carbocycles. The Kier molecular flexibility index (Phi) is 8.60. The van der Waals surface area contributed by atoms with E-state index in [1.807, 2.05) is 0 Å². The third-order valence-electron chi connectivity index (χ3n) is 14.3. The molecule has 0 aromatic heterocycles. The summed E-state index contributed by atoms with van der Waals surface area (Å²) in [4.78, 5) is 8.47. The summed E-state index contributed by atoms with van der Waals surface area (Å²) in [5, 5.41) is 1.11. The number of nitrogens with zero attached hydrogens (tertiary/aromatic N) is 2. The van der Waals surface area contributed by atoms with E-state index >= 15 is 0 Å². The number of thioether (sulfide) groups is 2. The van der Waals surface area contributed by atoms with Gasteiger partial charge < -0.3 is 9.80 Å². The van der Waals surface area contributed by atoms with Crippen LogP contribution in [0, 0.1) is 0 Å². The van der Waals surface area contributed by atoms with Crippen LogP contribution in [0.5, 0.6) is 0 Å². The summed E-state index contributed by atoms with van der Waals surface area (Å²) in [6.45, 7) is 4.81. The molecule has 1 saturated heterocycles. The van der Waals surface area contributed by atoms with Crippen LogP contribution in [0.3, 0.4) is 0 Å². The Balaban J connectivity index is 0.941. The maximum Gasteiger partial charge on any atom is 0.0694 e. The standard InChI is InChI=1S/C55H50N2S2/c1-55(2)46-22-9-6-18-43(46)50-42(21-13-23-47(50)55)36-26-28-38(29-27-36)56(41-17-12-16-37(34-41)35-14-4-3-5-15-35)39-30-32-40(33-31-39)57-51-44-19-7-10-24-48(44)58-53(51)54-52(57)45-20-8-11-25-49(45)59-54/h3-5,7-8,10,13-15,18-24,26-34,37,51-54H,6,9,11-12,16-17,25H2,1-2H3. The third-order valence-corrected chi connectivity index (χ3v) is 17.5. The summed E-state index contributed by atoms with van der Waals surface area (Å²) in [6.07, 6.45) is 20.5. The Morgan fingerprint density at radius 2 is 1.46 bits per heavy atom. The summed E-state index contributed by atoms with van der Waals surface area (Å²) < 4.78 is 0. The Bertz CT molecular complexity index is 2640. The van der Waals surface area contributed by atoms with Crippen LogP contribution < -0.4 is 9.80 Å². The first-order chi connectivity index (χ1) is 29.0. The number of hydrogen-bond donors (Lipinski definition) is 0. The highest BCUT2D eigenvalue weighted by Crippen LogP contribution is 2.63. The van der Waals surface area contributed by atoms with Crippen LogP contribution in [0.25, 0.3) is 16.7 Å². The van der Waals surface area contributed by atoms with Gasteiger partial charge in [0.25, 0.3) is 0 Å². The molecule has 12 rings (SSSR count). The number of anilines is 3. The lowest BCUT2D eigenvalue weighted by Gasteiger charge is -2.35. The summed E-state index contributed by atoms with van der Waals surface area (Å²) >= 11 is 4.31. The Morgan fingerprint density at radius 3 is 2.31 bits per heavy atom. The first kappa shape index (κ1) is 36.0. The second-order valence-corrected chi connectivity index (χ2v) is 20.4. The van der Waals surface area contributed by atoms with E-state index in [2.05, 4.69) is 199 Å². The molecule has 4 heteroatoms. The molecule has 0 radical (unpaired) electrons. The lowest BCUT2D eigenvalue weighted by atomic mass is 9.80. The number of fused-ring (bicyclic) bond motifs is 9. The van der Waals surface area contributed by atoms with Gasteiger partial charge in [0.1, 0.15) is 0 Å². The van der Waals surface area contributed by atoms with E-state index in [0.717, 1.165) is 19.3 Å². The van der Waals surface area contributed by atoms with Gasteiger partial charge in [0.2, 0.25) is 0 Å². The van der Waals surface area contributed by atoms with Gasteiger partial charge >= 0.3 is 0 Å². The van der Waals surface area contributed by atoms with Gasteiger partial charge in [0, 0.05) is 49.5 Å². The number of benzene rings is 5. The topological polar surface area (TPSA) is 6.48 Å². The minimum absolute atomic E-state index is 0.0308. The quantitative estimate of drug-likeness (QED) is 0.169. The molecule has 0 spiro atoms. The monoisotopic (exact) mass is 802 g/mol. The largest absolute Gasteiger partial charge is 0.355 e. The maximum absolute atomic E-state index is 2.81. The van der Waals surface area contributed by atoms with Crippen LogP contribution in [-0.2, 0) is 5.41 Å². The van der Waals surface area contributed by atoms with Crippen molar-refractivity contribution in [1.82, 2.24) is 0 Å². The normalized spacial score (nSPS) is 25.6. The Labute approximate surface area is 358 Å². The molecule has 3 aliphatic heterocycles. The average Bonchev–Trinajstić information content (AvgIpc) is 4.01. The number of allylic oxidation sites excluding steroid dienone is 8. The fourth-order valence-corrected chi connectivity index (χ4v) is 15.0. The van der Waals surface area contributed by atoms with E-state index in [-0.39, 0.29) is 5.41 Å². The molecule has 5 atom stereocenters. The second-order valence-electron chi connectivity index (χ2n) is 18.0. The van der Waals surface area contributed by atoms with Gasteiger partial charge in [-0.2, -0.15) is 0 Å². The van der Waals surface area contributed by atoms with Crippen LogP contribution >= 0.6 is 23.5 Å². The zero-order valence-corrected chi connectivity index (χ0v) is 35.6. The molecule has 292 valence electrons. The highest BCUT2D eigenvalue weighted by Gasteiger charge is 2.57. The second kappa shape index (κ2) is 14.1. The van der Waals surface area contributed by atoms with Gasteiger partial charge in [-0.3, -0.25) is 0 Å². The van der Waals surface area contributed by atoms with E-state index < -0.39 is 0 Å². The molecule has 5 unspecified atom stereocenters. The van der Waals surface area contributed by atoms with Crippen LogP contribution in [0.4, 0.5) is 17.1 Å². The van der Waals surface area contributed by atoms with Gasteiger partial charge in [-0.25, -0.2) is 0 Å². The first-order valence-electron chi connectivity index (χ1n) is 21.9. The van der Waals surface area contributed by atoms with Crippen molar-refractivity contribution in [3.63, 3.8) is 0 Å². The minimum Gasteiger partial charge on any atom is -0.355 e. The molecule has 0 amide bonds. The van der Waals surface area contributed by atoms with Crippen molar-refractivity contribution in [1.29, 1.82) is 0 Å². The van der Waals surface area contributed by atoms with Crippen molar-refractivity contribution < 1.29 is 0 Å². The molecule has 59 heavy (non-hydrogen) atoms. The molecular formula is C55H50N2S2. The van der Waals surface area contributed by atoms with Gasteiger partial charge in [0.15, 0.2) is 0 Å². The highest BCUT2D eigenvalue weighted by molar-refractivity contribution is 8.06. The molecule has 1 fully saturated rings. The molecule has 7 aliphatic rings. The molecule has 5 aromatic carbocycles. The van der Waals surface area contributed by atoms with Gasteiger partial charge in [-0.1, -0.05) is 123 Å². The zero-order valence-electron chi connectivity index (χ0n) is 34.0. The molecule has 5 aromatic rings. The van der Waals surface area contributed by atoms with Gasteiger partial charge in [0.05, 0.1) is 12.1 Å². The van der Waals surface area contributed by atoms with Crippen molar-refractivity contribution in [2.45, 2.75) is 97.6 Å². The number of rotatable bonds is 6.